The van der Waals surface area contributed by atoms with E-state index >= 15 is 0 Å². The molecule has 3 amide bonds. The predicted octanol–water partition coefficient (Wildman–Crippen LogP) is 4.24. The number of imide groups is 1. The monoisotopic (exact) mass is 449 g/mol. The van der Waals surface area contributed by atoms with Crippen molar-refractivity contribution in [3.8, 4) is 5.75 Å². The van der Waals surface area contributed by atoms with E-state index in [4.69, 9.17) is 4.74 Å². The zero-order chi connectivity index (χ0) is 24.0. The van der Waals surface area contributed by atoms with Gasteiger partial charge in [-0.3, -0.25) is 19.4 Å². The standard InChI is InChI=1S/C25H24FN3O4/c1-25(2,15-17-7-9-18(26)10-8-17)24(32)29(16-30)21-12-11-19(14-22(21)33-3)28-23(31)20-6-4-5-13-27-20/h4-14,16H,15H2,1-3H3,(H,28,31). The molecule has 0 unspecified atom stereocenters. The van der Waals surface area contributed by atoms with E-state index in [9.17, 15) is 18.8 Å². The second-order valence-corrected chi connectivity index (χ2v) is 8.02. The Morgan fingerprint density at radius 1 is 1.12 bits per heavy atom. The maximum absolute atomic E-state index is 13.3. The number of aromatic nitrogens is 1. The van der Waals surface area contributed by atoms with E-state index in [0.717, 1.165) is 10.5 Å². The van der Waals surface area contributed by atoms with Gasteiger partial charge in [0, 0.05) is 23.4 Å². The van der Waals surface area contributed by atoms with Crippen molar-refractivity contribution in [2.75, 3.05) is 17.3 Å². The van der Waals surface area contributed by atoms with Gasteiger partial charge in [-0.2, -0.15) is 0 Å². The summed E-state index contributed by atoms with van der Waals surface area (Å²) in [5.41, 5.74) is 0.693. The lowest BCUT2D eigenvalue weighted by atomic mass is 9.84. The summed E-state index contributed by atoms with van der Waals surface area (Å²) in [6.45, 7) is 3.42. The quantitative estimate of drug-likeness (QED) is 0.520. The fraction of sp³-hybridized carbons (Fsp3) is 0.200. The molecule has 170 valence electrons. The SMILES string of the molecule is COc1cc(NC(=O)c2ccccn2)ccc1N(C=O)C(=O)C(C)(C)Cc1ccc(F)cc1. The van der Waals surface area contributed by atoms with Crippen LogP contribution in [0.5, 0.6) is 5.75 Å². The van der Waals surface area contributed by atoms with Gasteiger partial charge in [0.2, 0.25) is 12.3 Å². The van der Waals surface area contributed by atoms with E-state index in [1.165, 1.54) is 37.6 Å². The highest BCUT2D eigenvalue weighted by Crippen LogP contribution is 2.34. The molecule has 8 heteroatoms. The van der Waals surface area contributed by atoms with E-state index in [1.54, 1.807) is 50.2 Å². The third-order valence-electron chi connectivity index (χ3n) is 5.06. The van der Waals surface area contributed by atoms with Crippen molar-refractivity contribution in [3.05, 3.63) is 83.9 Å². The molecule has 0 aliphatic heterocycles. The molecule has 0 radical (unpaired) electrons. The van der Waals surface area contributed by atoms with Crippen molar-refractivity contribution in [2.45, 2.75) is 20.3 Å². The first-order valence-electron chi connectivity index (χ1n) is 10.2. The van der Waals surface area contributed by atoms with Crippen LogP contribution in [-0.4, -0.2) is 30.3 Å². The first-order valence-corrected chi connectivity index (χ1v) is 10.2. The number of methoxy groups -OCH3 is 1. The van der Waals surface area contributed by atoms with Crippen LogP contribution in [0.3, 0.4) is 0 Å². The average molecular weight is 449 g/mol. The van der Waals surface area contributed by atoms with Gasteiger partial charge in [0.1, 0.15) is 17.3 Å². The third-order valence-corrected chi connectivity index (χ3v) is 5.06. The van der Waals surface area contributed by atoms with E-state index in [1.807, 2.05) is 0 Å². The van der Waals surface area contributed by atoms with Gasteiger partial charge in [-0.1, -0.05) is 32.0 Å². The van der Waals surface area contributed by atoms with Crippen LogP contribution in [0, 0.1) is 11.2 Å². The Morgan fingerprint density at radius 3 is 2.45 bits per heavy atom. The van der Waals surface area contributed by atoms with Gasteiger partial charge in [-0.15, -0.1) is 0 Å². The number of amides is 3. The van der Waals surface area contributed by atoms with Crippen molar-refractivity contribution in [1.82, 2.24) is 4.98 Å². The average Bonchev–Trinajstić information content (AvgIpc) is 2.82. The van der Waals surface area contributed by atoms with Crippen LogP contribution in [-0.2, 0) is 16.0 Å². The number of hydrogen-bond acceptors (Lipinski definition) is 5. The van der Waals surface area contributed by atoms with Crippen LogP contribution in [0.4, 0.5) is 15.8 Å². The number of anilines is 2. The number of nitrogens with one attached hydrogen (secondary N) is 1. The number of pyridine rings is 1. The van der Waals surface area contributed by atoms with E-state index < -0.39 is 17.2 Å². The molecule has 33 heavy (non-hydrogen) atoms. The maximum atomic E-state index is 13.3. The molecule has 1 aromatic heterocycles. The van der Waals surface area contributed by atoms with Crippen molar-refractivity contribution >= 4 is 29.6 Å². The van der Waals surface area contributed by atoms with Crippen molar-refractivity contribution in [3.63, 3.8) is 0 Å². The number of nitrogens with zero attached hydrogens (tertiary/aromatic N) is 2. The minimum Gasteiger partial charge on any atom is -0.494 e. The second-order valence-electron chi connectivity index (χ2n) is 8.02. The molecule has 7 nitrogen and oxygen atoms in total. The fourth-order valence-electron chi connectivity index (χ4n) is 3.37. The summed E-state index contributed by atoms with van der Waals surface area (Å²) < 4.78 is 18.6. The van der Waals surface area contributed by atoms with Crippen LogP contribution in [0.25, 0.3) is 0 Å². The molecule has 0 bridgehead atoms. The van der Waals surface area contributed by atoms with Crippen molar-refractivity contribution in [2.24, 2.45) is 5.41 Å². The van der Waals surface area contributed by atoms with Gasteiger partial charge in [-0.05, 0) is 48.4 Å². The van der Waals surface area contributed by atoms with Gasteiger partial charge in [0.15, 0.2) is 0 Å². The Hall–Kier alpha value is -4.07. The smallest absolute Gasteiger partial charge is 0.274 e. The molecule has 3 aromatic rings. The van der Waals surface area contributed by atoms with Gasteiger partial charge >= 0.3 is 0 Å². The Kier molecular flexibility index (Phi) is 7.17. The summed E-state index contributed by atoms with van der Waals surface area (Å²) in [6, 6.07) is 15.5. The molecule has 1 N–H and O–H groups in total. The molecular weight excluding hydrogens is 425 g/mol. The summed E-state index contributed by atoms with van der Waals surface area (Å²) in [4.78, 5) is 42.5. The van der Waals surface area contributed by atoms with Crippen molar-refractivity contribution in [1.29, 1.82) is 0 Å². The molecule has 3 rings (SSSR count). The number of benzene rings is 2. The van der Waals surface area contributed by atoms with E-state index in [2.05, 4.69) is 10.3 Å². The highest BCUT2D eigenvalue weighted by Gasteiger charge is 2.34. The normalized spacial score (nSPS) is 10.9. The second kappa shape index (κ2) is 10.0. The minimum atomic E-state index is -0.963. The van der Waals surface area contributed by atoms with Gasteiger partial charge in [0.05, 0.1) is 12.8 Å². The molecule has 0 spiro atoms. The summed E-state index contributed by atoms with van der Waals surface area (Å²) in [6.07, 6.45) is 2.25. The third kappa shape index (κ3) is 5.60. The predicted molar refractivity (Wildman–Crippen MR) is 123 cm³/mol. The maximum Gasteiger partial charge on any atom is 0.274 e. The summed E-state index contributed by atoms with van der Waals surface area (Å²) >= 11 is 0. The highest BCUT2D eigenvalue weighted by molar-refractivity contribution is 6.11. The largest absolute Gasteiger partial charge is 0.494 e. The molecule has 0 saturated carbocycles. The zero-order valence-corrected chi connectivity index (χ0v) is 18.5. The van der Waals surface area contributed by atoms with E-state index in [0.29, 0.717) is 18.5 Å². The zero-order valence-electron chi connectivity index (χ0n) is 18.5. The summed E-state index contributed by atoms with van der Waals surface area (Å²) in [7, 11) is 1.40. The molecule has 0 fully saturated rings. The Labute approximate surface area is 191 Å². The van der Waals surface area contributed by atoms with Crippen LogP contribution in [0.15, 0.2) is 66.9 Å². The first-order chi connectivity index (χ1) is 15.7. The number of halogens is 1. The Balaban J connectivity index is 1.83. The van der Waals surface area contributed by atoms with Crippen LogP contribution in [0.2, 0.25) is 0 Å². The summed E-state index contributed by atoms with van der Waals surface area (Å²) in [5.74, 6) is -0.997. The molecule has 0 saturated heterocycles. The lowest BCUT2D eigenvalue weighted by Gasteiger charge is -2.29. The number of carbonyl (C=O) groups excluding carboxylic acids is 3. The van der Waals surface area contributed by atoms with Crippen LogP contribution < -0.4 is 15.0 Å². The molecular formula is C25H24FN3O4. The molecule has 0 aliphatic carbocycles. The molecule has 0 atom stereocenters. The van der Waals surface area contributed by atoms with Crippen LogP contribution in [0.1, 0.15) is 29.9 Å². The minimum absolute atomic E-state index is 0.229. The highest BCUT2D eigenvalue weighted by atomic mass is 19.1. The van der Waals surface area contributed by atoms with E-state index in [-0.39, 0.29) is 22.9 Å². The van der Waals surface area contributed by atoms with Crippen LogP contribution >= 0.6 is 0 Å². The number of ether oxygens (including phenoxy) is 1. The van der Waals surface area contributed by atoms with Gasteiger partial charge in [0.25, 0.3) is 5.91 Å². The Bertz CT molecular complexity index is 1150. The number of carbonyl (C=O) groups is 3. The fourth-order valence-corrected chi connectivity index (χ4v) is 3.37. The summed E-state index contributed by atoms with van der Waals surface area (Å²) in [5, 5.41) is 2.71. The molecule has 0 aliphatic rings. The molecule has 2 aromatic carbocycles. The first kappa shape index (κ1) is 23.6. The lowest BCUT2D eigenvalue weighted by molar-refractivity contribution is -0.128. The number of hydrogen-bond donors (Lipinski definition) is 1. The topological polar surface area (TPSA) is 88.6 Å². The Morgan fingerprint density at radius 2 is 1.85 bits per heavy atom. The van der Waals surface area contributed by atoms with Gasteiger partial charge < -0.3 is 10.1 Å². The lowest BCUT2D eigenvalue weighted by Crippen LogP contribution is -2.41. The van der Waals surface area contributed by atoms with Crippen molar-refractivity contribution < 1.29 is 23.5 Å². The number of rotatable bonds is 8. The molecule has 1 heterocycles. The van der Waals surface area contributed by atoms with Gasteiger partial charge in [-0.25, -0.2) is 9.29 Å².